The minimum atomic E-state index is -3.71. The van der Waals surface area contributed by atoms with E-state index in [2.05, 4.69) is 10.9 Å². The molecule has 0 bridgehead atoms. The zero-order valence-corrected chi connectivity index (χ0v) is 22.0. The number of carbonyl (C=O) groups is 1. The molecule has 1 aliphatic heterocycles. The monoisotopic (exact) mass is 555 g/mol. The van der Waals surface area contributed by atoms with Crippen molar-refractivity contribution in [1.29, 1.82) is 0 Å². The van der Waals surface area contributed by atoms with Gasteiger partial charge in [-0.25, -0.2) is 8.42 Å². The van der Waals surface area contributed by atoms with E-state index in [-0.39, 0.29) is 17.0 Å². The van der Waals surface area contributed by atoms with Gasteiger partial charge in [-0.3, -0.25) is 4.79 Å². The normalized spacial score (nSPS) is 14.5. The van der Waals surface area contributed by atoms with Gasteiger partial charge in [0.25, 0.3) is 5.91 Å². The number of nitrogens with zero attached hydrogens (tertiary/aromatic N) is 3. The maximum Gasteiger partial charge on any atom is 0.279 e. The quantitative estimate of drug-likeness (QED) is 0.327. The van der Waals surface area contributed by atoms with Crippen molar-refractivity contribution in [3.05, 3.63) is 92.2 Å². The van der Waals surface area contributed by atoms with E-state index in [9.17, 15) is 13.2 Å². The average Bonchev–Trinajstić information content (AvgIpc) is 3.20. The van der Waals surface area contributed by atoms with Gasteiger partial charge in [0.2, 0.25) is 10.0 Å². The molecule has 1 aromatic heterocycles. The van der Waals surface area contributed by atoms with Crippen molar-refractivity contribution in [3.63, 3.8) is 0 Å². The number of aromatic nitrogens is 1. The molecule has 4 aromatic rings. The molecule has 0 saturated heterocycles. The van der Waals surface area contributed by atoms with Crippen LogP contribution in [-0.2, 0) is 29.5 Å². The molecule has 0 atom stereocenters. The SMILES string of the molecule is C#CCn1c(=NC(=O)c2ccc(S(=O)(=O)N3CCc4ccccc4C3)cc2)sc2cc(Cl)cc(Cl)c21. The van der Waals surface area contributed by atoms with Crippen LogP contribution in [-0.4, -0.2) is 29.7 Å². The lowest BCUT2D eigenvalue weighted by Gasteiger charge is -2.28. The highest BCUT2D eigenvalue weighted by Crippen LogP contribution is 2.30. The minimum Gasteiger partial charge on any atom is -0.303 e. The number of rotatable bonds is 4. The number of halogens is 2. The Labute approximate surface area is 222 Å². The van der Waals surface area contributed by atoms with Crippen LogP contribution in [0.5, 0.6) is 0 Å². The summed E-state index contributed by atoms with van der Waals surface area (Å²) in [6.45, 7) is 0.898. The molecule has 0 fully saturated rings. The molecule has 2 heterocycles. The number of thiazole rings is 1. The van der Waals surface area contributed by atoms with Crippen molar-refractivity contribution < 1.29 is 13.2 Å². The van der Waals surface area contributed by atoms with Gasteiger partial charge in [0.05, 0.1) is 26.7 Å². The second kappa shape index (κ2) is 9.85. The lowest BCUT2D eigenvalue weighted by atomic mass is 10.0. The molecule has 0 N–H and O–H groups in total. The summed E-state index contributed by atoms with van der Waals surface area (Å²) in [6, 6.07) is 17.0. The van der Waals surface area contributed by atoms with E-state index in [4.69, 9.17) is 29.6 Å². The molecule has 0 unspecified atom stereocenters. The van der Waals surface area contributed by atoms with Gasteiger partial charge in [0.1, 0.15) is 0 Å². The third-order valence-electron chi connectivity index (χ3n) is 5.98. The first-order chi connectivity index (χ1) is 17.3. The molecule has 1 aliphatic rings. The summed E-state index contributed by atoms with van der Waals surface area (Å²) in [4.78, 5) is 17.7. The molecule has 3 aromatic carbocycles. The summed E-state index contributed by atoms with van der Waals surface area (Å²) in [7, 11) is -3.71. The Morgan fingerprint density at radius 1 is 1.08 bits per heavy atom. The standard InChI is InChI=1S/C26H19Cl2N3O3S2/c1-2-12-31-24-22(28)14-20(27)15-23(24)35-26(31)29-25(32)18-7-9-21(10-8-18)36(33,34)30-13-11-17-5-3-4-6-19(17)16-30/h1,3-10,14-15H,11-13,16H2. The second-order valence-corrected chi connectivity index (χ2v) is 12.0. The Bertz CT molecular complexity index is 1720. The van der Waals surface area contributed by atoms with Crippen LogP contribution in [0.3, 0.4) is 0 Å². The van der Waals surface area contributed by atoms with Gasteiger partial charge in [-0.05, 0) is 53.9 Å². The Morgan fingerprint density at radius 3 is 2.53 bits per heavy atom. The summed E-state index contributed by atoms with van der Waals surface area (Å²) in [6.07, 6.45) is 6.18. The predicted molar refractivity (Wildman–Crippen MR) is 143 cm³/mol. The van der Waals surface area contributed by atoms with Crippen LogP contribution in [0.15, 0.2) is 70.6 Å². The van der Waals surface area contributed by atoms with Gasteiger partial charge in [0, 0.05) is 23.7 Å². The maximum atomic E-state index is 13.2. The summed E-state index contributed by atoms with van der Waals surface area (Å²) >= 11 is 13.7. The zero-order valence-electron chi connectivity index (χ0n) is 18.8. The Kier molecular flexibility index (Phi) is 6.77. The number of fused-ring (bicyclic) bond motifs is 2. The number of terminal acetylenes is 1. The predicted octanol–water partition coefficient (Wildman–Crippen LogP) is 5.13. The molecule has 0 saturated carbocycles. The molecule has 36 heavy (non-hydrogen) atoms. The van der Waals surface area contributed by atoms with Crippen molar-refractivity contribution in [1.82, 2.24) is 8.87 Å². The smallest absolute Gasteiger partial charge is 0.279 e. The van der Waals surface area contributed by atoms with E-state index in [1.165, 1.54) is 45.5 Å². The fourth-order valence-corrected chi connectivity index (χ4v) is 7.43. The number of hydrogen-bond acceptors (Lipinski definition) is 4. The third kappa shape index (κ3) is 4.61. The largest absolute Gasteiger partial charge is 0.303 e. The van der Waals surface area contributed by atoms with Gasteiger partial charge in [0.15, 0.2) is 4.80 Å². The summed E-state index contributed by atoms with van der Waals surface area (Å²) in [5, 5.41) is 0.876. The number of carbonyl (C=O) groups excluding carboxylic acids is 1. The van der Waals surface area contributed by atoms with Gasteiger partial charge >= 0.3 is 0 Å². The fraction of sp³-hybridized carbons (Fsp3) is 0.154. The van der Waals surface area contributed by atoms with Gasteiger partial charge in [-0.15, -0.1) is 6.42 Å². The van der Waals surface area contributed by atoms with Crippen LogP contribution in [0.25, 0.3) is 10.2 Å². The minimum absolute atomic E-state index is 0.129. The van der Waals surface area contributed by atoms with Crippen molar-refractivity contribution in [3.8, 4) is 12.3 Å². The van der Waals surface area contributed by atoms with Crippen molar-refractivity contribution in [2.24, 2.45) is 4.99 Å². The van der Waals surface area contributed by atoms with Crippen LogP contribution < -0.4 is 4.80 Å². The highest BCUT2D eigenvalue weighted by Gasteiger charge is 2.28. The molecular weight excluding hydrogens is 537 g/mol. The highest BCUT2D eigenvalue weighted by atomic mass is 35.5. The van der Waals surface area contributed by atoms with Crippen LogP contribution in [0, 0.1) is 12.3 Å². The van der Waals surface area contributed by atoms with Crippen molar-refractivity contribution in [2.75, 3.05) is 6.54 Å². The van der Waals surface area contributed by atoms with Crippen LogP contribution in [0.4, 0.5) is 0 Å². The first-order valence-corrected chi connectivity index (χ1v) is 14.0. The zero-order chi connectivity index (χ0) is 25.4. The first kappa shape index (κ1) is 24.8. The molecule has 1 amide bonds. The van der Waals surface area contributed by atoms with Gasteiger partial charge < -0.3 is 4.57 Å². The number of benzene rings is 3. The number of hydrogen-bond donors (Lipinski definition) is 0. The molecule has 182 valence electrons. The third-order valence-corrected chi connectivity index (χ3v) is 9.37. The average molecular weight is 556 g/mol. The number of sulfonamides is 1. The van der Waals surface area contributed by atoms with E-state index in [1.54, 1.807) is 16.7 Å². The summed E-state index contributed by atoms with van der Waals surface area (Å²) in [5.74, 6) is 2.03. The molecule has 0 aliphatic carbocycles. The van der Waals surface area contributed by atoms with E-state index in [0.29, 0.717) is 39.9 Å². The molecular formula is C26H19Cl2N3O3S2. The highest BCUT2D eigenvalue weighted by molar-refractivity contribution is 7.89. The summed E-state index contributed by atoms with van der Waals surface area (Å²) in [5.41, 5.74) is 3.08. The molecule has 0 radical (unpaired) electrons. The van der Waals surface area contributed by atoms with Gasteiger partial charge in [-0.2, -0.15) is 9.30 Å². The molecule has 10 heteroatoms. The van der Waals surface area contributed by atoms with Crippen LogP contribution in [0.2, 0.25) is 10.0 Å². The Morgan fingerprint density at radius 2 is 1.81 bits per heavy atom. The van der Waals surface area contributed by atoms with Crippen molar-refractivity contribution >= 4 is 60.7 Å². The van der Waals surface area contributed by atoms with Crippen LogP contribution in [0.1, 0.15) is 21.5 Å². The topological polar surface area (TPSA) is 71.7 Å². The second-order valence-electron chi connectivity index (χ2n) is 8.21. The van der Waals surface area contributed by atoms with E-state index < -0.39 is 15.9 Å². The number of amides is 1. The molecule has 0 spiro atoms. The van der Waals surface area contributed by atoms with E-state index in [0.717, 1.165) is 10.3 Å². The van der Waals surface area contributed by atoms with Gasteiger partial charge in [-0.1, -0.05) is 64.7 Å². The first-order valence-electron chi connectivity index (χ1n) is 11.0. The van der Waals surface area contributed by atoms with E-state index in [1.807, 2.05) is 24.3 Å². The molecule has 5 rings (SSSR count). The molecule has 6 nitrogen and oxygen atoms in total. The van der Waals surface area contributed by atoms with E-state index >= 15 is 0 Å². The lowest BCUT2D eigenvalue weighted by molar-refractivity contribution is 0.0998. The summed E-state index contributed by atoms with van der Waals surface area (Å²) < 4.78 is 30.3. The maximum absolute atomic E-state index is 13.2. The lowest BCUT2D eigenvalue weighted by Crippen LogP contribution is -2.35. The Hall–Kier alpha value is -2.93. The fourth-order valence-electron chi connectivity index (χ4n) is 4.20. The van der Waals surface area contributed by atoms with Crippen LogP contribution >= 0.6 is 34.5 Å². The van der Waals surface area contributed by atoms with Crippen molar-refractivity contribution in [2.45, 2.75) is 24.4 Å². The Balaban J connectivity index is 1.44.